The number of carbonyl (C=O) groups excluding carboxylic acids is 1. The standard InChI is InChI=1S/C11H18O2S/c1-5-13-10(12)11(3)7-8(2)6-9(11)14-4/h6,9H,5,7H2,1-4H3/t9-,11-/m0/s1. The zero-order valence-electron chi connectivity index (χ0n) is 9.29. The van der Waals surface area contributed by atoms with Crippen molar-refractivity contribution in [2.75, 3.05) is 12.9 Å². The fraction of sp³-hybridized carbons (Fsp3) is 0.727. The van der Waals surface area contributed by atoms with E-state index in [1.807, 2.05) is 20.1 Å². The SMILES string of the molecule is CCOC(=O)[C@@]1(C)CC(C)=C[C@@H]1SC. The molecule has 3 heteroatoms. The number of carbonyl (C=O) groups is 1. The van der Waals surface area contributed by atoms with Gasteiger partial charge >= 0.3 is 5.97 Å². The molecule has 0 aromatic heterocycles. The Kier molecular flexibility index (Phi) is 3.65. The number of hydrogen-bond acceptors (Lipinski definition) is 3. The van der Waals surface area contributed by atoms with Gasteiger partial charge in [-0.3, -0.25) is 4.79 Å². The highest BCUT2D eigenvalue weighted by Gasteiger charge is 2.44. The summed E-state index contributed by atoms with van der Waals surface area (Å²) in [6, 6.07) is 0. The maximum Gasteiger partial charge on any atom is 0.313 e. The first-order chi connectivity index (χ1) is 6.54. The molecule has 0 aromatic rings. The summed E-state index contributed by atoms with van der Waals surface area (Å²) < 4.78 is 5.12. The van der Waals surface area contributed by atoms with Crippen molar-refractivity contribution in [2.24, 2.45) is 5.41 Å². The van der Waals surface area contributed by atoms with E-state index in [2.05, 4.69) is 13.0 Å². The van der Waals surface area contributed by atoms with E-state index in [-0.39, 0.29) is 16.6 Å². The number of esters is 1. The van der Waals surface area contributed by atoms with Gasteiger partial charge in [-0.05, 0) is 33.4 Å². The fourth-order valence-electron chi connectivity index (χ4n) is 1.99. The van der Waals surface area contributed by atoms with Gasteiger partial charge in [-0.2, -0.15) is 11.8 Å². The molecule has 0 radical (unpaired) electrons. The first kappa shape index (κ1) is 11.6. The Morgan fingerprint density at radius 2 is 2.43 bits per heavy atom. The van der Waals surface area contributed by atoms with E-state index in [0.29, 0.717) is 6.61 Å². The van der Waals surface area contributed by atoms with E-state index in [9.17, 15) is 4.79 Å². The Morgan fingerprint density at radius 1 is 1.79 bits per heavy atom. The van der Waals surface area contributed by atoms with Gasteiger partial charge in [0.1, 0.15) is 0 Å². The number of rotatable bonds is 3. The highest BCUT2D eigenvalue weighted by molar-refractivity contribution is 7.99. The van der Waals surface area contributed by atoms with Crippen LogP contribution in [0.3, 0.4) is 0 Å². The van der Waals surface area contributed by atoms with Crippen LogP contribution >= 0.6 is 11.8 Å². The second kappa shape index (κ2) is 4.39. The van der Waals surface area contributed by atoms with Crippen LogP contribution in [-0.2, 0) is 9.53 Å². The molecule has 2 atom stereocenters. The van der Waals surface area contributed by atoms with Crippen molar-refractivity contribution in [3.63, 3.8) is 0 Å². The van der Waals surface area contributed by atoms with Crippen LogP contribution in [0.1, 0.15) is 27.2 Å². The van der Waals surface area contributed by atoms with E-state index in [0.717, 1.165) is 6.42 Å². The summed E-state index contributed by atoms with van der Waals surface area (Å²) in [5, 5.41) is 0.265. The zero-order chi connectivity index (χ0) is 10.8. The van der Waals surface area contributed by atoms with Crippen molar-refractivity contribution < 1.29 is 9.53 Å². The van der Waals surface area contributed by atoms with Gasteiger partial charge in [0.25, 0.3) is 0 Å². The van der Waals surface area contributed by atoms with Crippen LogP contribution < -0.4 is 0 Å². The predicted molar refractivity (Wildman–Crippen MR) is 60.4 cm³/mol. The molecule has 0 aromatic carbocycles. The molecule has 1 aliphatic carbocycles. The lowest BCUT2D eigenvalue weighted by Crippen LogP contribution is -2.35. The van der Waals surface area contributed by atoms with Gasteiger partial charge < -0.3 is 4.74 Å². The van der Waals surface area contributed by atoms with Crippen molar-refractivity contribution in [2.45, 2.75) is 32.4 Å². The topological polar surface area (TPSA) is 26.3 Å². The summed E-state index contributed by atoms with van der Waals surface area (Å²) in [6.45, 7) is 6.39. The highest BCUT2D eigenvalue weighted by atomic mass is 32.2. The monoisotopic (exact) mass is 214 g/mol. The van der Waals surface area contributed by atoms with Crippen LogP contribution in [0.2, 0.25) is 0 Å². The molecule has 14 heavy (non-hydrogen) atoms. The molecule has 0 N–H and O–H groups in total. The maximum atomic E-state index is 11.8. The average molecular weight is 214 g/mol. The van der Waals surface area contributed by atoms with Gasteiger partial charge in [0.05, 0.1) is 12.0 Å². The Balaban J connectivity index is 2.79. The molecule has 0 fully saturated rings. The molecule has 0 saturated carbocycles. The molecule has 80 valence electrons. The van der Waals surface area contributed by atoms with E-state index in [1.54, 1.807) is 11.8 Å². The largest absolute Gasteiger partial charge is 0.466 e. The minimum Gasteiger partial charge on any atom is -0.466 e. The highest BCUT2D eigenvalue weighted by Crippen LogP contribution is 2.43. The van der Waals surface area contributed by atoms with Crippen LogP contribution in [0, 0.1) is 5.41 Å². The zero-order valence-corrected chi connectivity index (χ0v) is 10.1. The molecule has 0 spiro atoms. The van der Waals surface area contributed by atoms with Crippen LogP contribution in [0.5, 0.6) is 0 Å². The third-order valence-corrected chi connectivity index (χ3v) is 3.87. The average Bonchev–Trinajstić information content (AvgIpc) is 2.43. The van der Waals surface area contributed by atoms with Crippen LogP contribution in [0.4, 0.5) is 0 Å². The molecule has 2 nitrogen and oxygen atoms in total. The molecular formula is C11H18O2S. The Morgan fingerprint density at radius 3 is 2.93 bits per heavy atom. The Labute approximate surface area is 90.1 Å². The summed E-state index contributed by atoms with van der Waals surface area (Å²) in [7, 11) is 0. The first-order valence-electron chi connectivity index (χ1n) is 4.92. The normalized spacial score (nSPS) is 31.4. The molecule has 1 aliphatic rings. The first-order valence-corrected chi connectivity index (χ1v) is 6.20. The fourth-order valence-corrected chi connectivity index (χ4v) is 3.06. The number of ether oxygens (including phenoxy) is 1. The Hall–Kier alpha value is -0.440. The molecule has 0 heterocycles. The van der Waals surface area contributed by atoms with Crippen molar-refractivity contribution in [1.29, 1.82) is 0 Å². The molecule has 0 saturated heterocycles. The van der Waals surface area contributed by atoms with Gasteiger partial charge in [0.15, 0.2) is 0 Å². The smallest absolute Gasteiger partial charge is 0.313 e. The molecule has 0 bridgehead atoms. The lowest BCUT2D eigenvalue weighted by Gasteiger charge is -2.27. The van der Waals surface area contributed by atoms with Crippen LogP contribution in [0.15, 0.2) is 11.6 Å². The summed E-state index contributed by atoms with van der Waals surface area (Å²) in [5.41, 5.74) is 0.944. The van der Waals surface area contributed by atoms with Crippen LogP contribution in [0.25, 0.3) is 0 Å². The van der Waals surface area contributed by atoms with Crippen molar-refractivity contribution in [3.8, 4) is 0 Å². The molecule has 1 rings (SSSR count). The van der Waals surface area contributed by atoms with Crippen molar-refractivity contribution in [3.05, 3.63) is 11.6 Å². The second-order valence-corrected chi connectivity index (χ2v) is 4.96. The quantitative estimate of drug-likeness (QED) is 0.533. The third kappa shape index (κ3) is 1.97. The number of hydrogen-bond donors (Lipinski definition) is 0. The van der Waals surface area contributed by atoms with E-state index < -0.39 is 0 Å². The summed E-state index contributed by atoms with van der Waals surface area (Å²) in [5.74, 6) is -0.0625. The molecule has 0 aliphatic heterocycles. The lowest BCUT2D eigenvalue weighted by atomic mass is 9.86. The number of thioether (sulfide) groups is 1. The van der Waals surface area contributed by atoms with Crippen LogP contribution in [-0.4, -0.2) is 24.1 Å². The summed E-state index contributed by atoms with van der Waals surface area (Å²) in [4.78, 5) is 11.8. The molecule has 0 unspecified atom stereocenters. The summed E-state index contributed by atoms with van der Waals surface area (Å²) in [6.07, 6.45) is 5.05. The third-order valence-electron chi connectivity index (χ3n) is 2.71. The second-order valence-electron chi connectivity index (χ2n) is 3.98. The van der Waals surface area contributed by atoms with Gasteiger partial charge in [-0.25, -0.2) is 0 Å². The van der Waals surface area contributed by atoms with E-state index >= 15 is 0 Å². The summed E-state index contributed by atoms with van der Waals surface area (Å²) >= 11 is 1.72. The van der Waals surface area contributed by atoms with E-state index in [4.69, 9.17) is 4.74 Å². The van der Waals surface area contributed by atoms with Gasteiger partial charge in [0, 0.05) is 5.25 Å². The van der Waals surface area contributed by atoms with Gasteiger partial charge in [0.2, 0.25) is 0 Å². The van der Waals surface area contributed by atoms with E-state index in [1.165, 1.54) is 5.57 Å². The molecule has 0 amide bonds. The van der Waals surface area contributed by atoms with Gasteiger partial charge in [-0.1, -0.05) is 11.6 Å². The lowest BCUT2D eigenvalue weighted by molar-refractivity contribution is -0.153. The minimum absolute atomic E-state index is 0.0625. The van der Waals surface area contributed by atoms with Crippen molar-refractivity contribution in [1.82, 2.24) is 0 Å². The van der Waals surface area contributed by atoms with Gasteiger partial charge in [-0.15, -0.1) is 0 Å². The van der Waals surface area contributed by atoms with Crippen molar-refractivity contribution >= 4 is 17.7 Å². The maximum absolute atomic E-state index is 11.8. The molecular weight excluding hydrogens is 196 g/mol. The number of allylic oxidation sites excluding steroid dienone is 1. The Bertz CT molecular complexity index is 260. The predicted octanol–water partition coefficient (Wildman–Crippen LogP) is 2.64. The minimum atomic E-state index is -0.348.